The maximum atomic E-state index is 13.5. The number of rotatable bonds is 7. The van der Waals surface area contributed by atoms with Gasteiger partial charge in [-0.05, 0) is 35.7 Å². The van der Waals surface area contributed by atoms with Crippen LogP contribution in [0, 0.1) is 0 Å². The predicted octanol–water partition coefficient (Wildman–Crippen LogP) is 3.05. The second-order valence-electron chi connectivity index (χ2n) is 8.14. The van der Waals surface area contributed by atoms with Crippen LogP contribution in [0.25, 0.3) is 11.1 Å². The minimum Gasteiger partial charge on any atom is -0.353 e. The highest BCUT2D eigenvalue weighted by Crippen LogP contribution is 2.20. The lowest BCUT2D eigenvalue weighted by atomic mass is 9.98. The van der Waals surface area contributed by atoms with Crippen LogP contribution in [0.15, 0.2) is 84.9 Å². The molecule has 0 aromatic heterocycles. The number of piperazine rings is 1. The van der Waals surface area contributed by atoms with Gasteiger partial charge in [0.25, 0.3) is 0 Å². The third kappa shape index (κ3) is 5.06. The van der Waals surface area contributed by atoms with Crippen molar-refractivity contribution >= 4 is 11.8 Å². The van der Waals surface area contributed by atoms with E-state index >= 15 is 0 Å². The molecule has 5 heteroatoms. The molecular formula is C27H29N3O2. The first-order valence-corrected chi connectivity index (χ1v) is 11.1. The van der Waals surface area contributed by atoms with Crippen LogP contribution in [0.4, 0.5) is 0 Å². The monoisotopic (exact) mass is 427 g/mol. The highest BCUT2D eigenvalue weighted by Gasteiger charge is 2.35. The standard InChI is InChI=1S/C27H29N3O2/c1-28-24(18-21-12-14-23(15-13-21)22-10-6-3-7-11-22)27(32)30-17-16-29-26(31)25(30)19-20-8-4-2-5-9-20/h2-15,24-25,28H,16-19H2,1H3,(H,29,31)/t24-,25-/m1/s1. The molecule has 1 saturated heterocycles. The summed E-state index contributed by atoms with van der Waals surface area (Å²) in [5.41, 5.74) is 4.45. The number of hydrogen-bond donors (Lipinski definition) is 2. The van der Waals surface area contributed by atoms with Crippen LogP contribution in [-0.2, 0) is 22.4 Å². The van der Waals surface area contributed by atoms with E-state index in [2.05, 4.69) is 47.0 Å². The number of carbonyl (C=O) groups excluding carboxylic acids is 2. The topological polar surface area (TPSA) is 61.4 Å². The van der Waals surface area contributed by atoms with Crippen molar-refractivity contribution in [2.45, 2.75) is 24.9 Å². The van der Waals surface area contributed by atoms with Crippen molar-refractivity contribution in [3.8, 4) is 11.1 Å². The number of benzene rings is 3. The van der Waals surface area contributed by atoms with E-state index in [4.69, 9.17) is 0 Å². The molecule has 1 aliphatic heterocycles. The number of nitrogens with one attached hydrogen (secondary N) is 2. The fraction of sp³-hybridized carbons (Fsp3) is 0.259. The van der Waals surface area contributed by atoms with Crippen LogP contribution in [-0.4, -0.2) is 48.9 Å². The van der Waals surface area contributed by atoms with E-state index in [-0.39, 0.29) is 17.9 Å². The Balaban J connectivity index is 1.47. The van der Waals surface area contributed by atoms with Gasteiger partial charge in [0.2, 0.25) is 11.8 Å². The Morgan fingerprint density at radius 1 is 0.938 bits per heavy atom. The number of nitrogens with zero attached hydrogens (tertiary/aromatic N) is 1. The average molecular weight is 428 g/mol. The van der Waals surface area contributed by atoms with Crippen LogP contribution in [0.3, 0.4) is 0 Å². The third-order valence-corrected chi connectivity index (χ3v) is 6.03. The Bertz CT molecular complexity index is 1040. The second kappa shape index (κ2) is 10.2. The summed E-state index contributed by atoms with van der Waals surface area (Å²) < 4.78 is 0. The molecule has 0 unspecified atom stereocenters. The number of amides is 2. The maximum Gasteiger partial charge on any atom is 0.243 e. The Kier molecular flexibility index (Phi) is 6.97. The Morgan fingerprint density at radius 3 is 2.22 bits per heavy atom. The molecule has 32 heavy (non-hydrogen) atoms. The van der Waals surface area contributed by atoms with Gasteiger partial charge in [-0.15, -0.1) is 0 Å². The first-order chi connectivity index (χ1) is 15.7. The molecule has 2 N–H and O–H groups in total. The summed E-state index contributed by atoms with van der Waals surface area (Å²) in [5, 5.41) is 6.08. The van der Waals surface area contributed by atoms with E-state index in [1.165, 1.54) is 5.56 Å². The lowest BCUT2D eigenvalue weighted by molar-refractivity contribution is -0.144. The maximum absolute atomic E-state index is 13.5. The molecule has 1 heterocycles. The minimum atomic E-state index is -0.491. The summed E-state index contributed by atoms with van der Waals surface area (Å²) in [6.07, 6.45) is 1.08. The molecule has 5 nitrogen and oxygen atoms in total. The van der Waals surface area contributed by atoms with Crippen molar-refractivity contribution in [2.75, 3.05) is 20.1 Å². The quantitative estimate of drug-likeness (QED) is 0.609. The zero-order valence-electron chi connectivity index (χ0n) is 18.3. The first kappa shape index (κ1) is 21.8. The Morgan fingerprint density at radius 2 is 1.56 bits per heavy atom. The SMILES string of the molecule is CN[C@H](Cc1ccc(-c2ccccc2)cc1)C(=O)N1CCNC(=O)[C@H]1Cc1ccccc1. The number of likely N-dealkylation sites (N-methyl/N-ethyl adjacent to an activating group) is 1. The number of carbonyl (C=O) groups is 2. The molecule has 2 amide bonds. The molecule has 2 atom stereocenters. The molecule has 0 bridgehead atoms. The van der Waals surface area contributed by atoms with Gasteiger partial charge in [-0.1, -0.05) is 84.9 Å². The fourth-order valence-electron chi connectivity index (χ4n) is 4.23. The van der Waals surface area contributed by atoms with Gasteiger partial charge in [0, 0.05) is 19.5 Å². The summed E-state index contributed by atoms with van der Waals surface area (Å²) in [6, 6.07) is 27.5. The van der Waals surface area contributed by atoms with Gasteiger partial charge < -0.3 is 15.5 Å². The molecule has 164 valence electrons. The van der Waals surface area contributed by atoms with Crippen LogP contribution >= 0.6 is 0 Å². The molecular weight excluding hydrogens is 398 g/mol. The summed E-state index contributed by atoms with van der Waals surface area (Å²) >= 11 is 0. The van der Waals surface area contributed by atoms with E-state index in [1.807, 2.05) is 48.5 Å². The molecule has 0 saturated carbocycles. The van der Waals surface area contributed by atoms with E-state index in [1.54, 1.807) is 11.9 Å². The zero-order chi connectivity index (χ0) is 22.3. The van der Waals surface area contributed by atoms with Gasteiger partial charge in [0.1, 0.15) is 6.04 Å². The summed E-state index contributed by atoms with van der Waals surface area (Å²) in [5.74, 6) is -0.120. The van der Waals surface area contributed by atoms with Gasteiger partial charge >= 0.3 is 0 Å². The van der Waals surface area contributed by atoms with Gasteiger partial charge in [-0.2, -0.15) is 0 Å². The number of hydrogen-bond acceptors (Lipinski definition) is 3. The van der Waals surface area contributed by atoms with Crippen LogP contribution in [0.1, 0.15) is 11.1 Å². The highest BCUT2D eigenvalue weighted by molar-refractivity contribution is 5.91. The minimum absolute atomic E-state index is 0.0320. The smallest absolute Gasteiger partial charge is 0.243 e. The van der Waals surface area contributed by atoms with Crippen molar-refractivity contribution in [1.29, 1.82) is 0 Å². The van der Waals surface area contributed by atoms with E-state index < -0.39 is 6.04 Å². The third-order valence-electron chi connectivity index (χ3n) is 6.03. The Hall–Kier alpha value is -3.44. The fourth-order valence-corrected chi connectivity index (χ4v) is 4.23. The van der Waals surface area contributed by atoms with Crippen LogP contribution < -0.4 is 10.6 Å². The van der Waals surface area contributed by atoms with Crippen molar-refractivity contribution in [1.82, 2.24) is 15.5 Å². The molecule has 3 aromatic rings. The molecule has 3 aromatic carbocycles. The van der Waals surface area contributed by atoms with E-state index in [9.17, 15) is 9.59 Å². The van der Waals surface area contributed by atoms with Crippen LogP contribution in [0.5, 0.6) is 0 Å². The zero-order valence-corrected chi connectivity index (χ0v) is 18.3. The molecule has 0 aliphatic carbocycles. The molecule has 0 radical (unpaired) electrons. The molecule has 0 spiro atoms. The lowest BCUT2D eigenvalue weighted by Gasteiger charge is -2.37. The predicted molar refractivity (Wildman–Crippen MR) is 127 cm³/mol. The largest absolute Gasteiger partial charge is 0.353 e. The second-order valence-corrected chi connectivity index (χ2v) is 8.14. The van der Waals surface area contributed by atoms with Gasteiger partial charge in [-0.3, -0.25) is 9.59 Å². The average Bonchev–Trinajstić information content (AvgIpc) is 2.85. The molecule has 4 rings (SSSR count). The first-order valence-electron chi connectivity index (χ1n) is 11.1. The normalized spacial score (nSPS) is 17.0. The Labute approximate surface area is 189 Å². The van der Waals surface area contributed by atoms with Gasteiger partial charge in [-0.25, -0.2) is 0 Å². The van der Waals surface area contributed by atoms with Gasteiger partial charge in [0.05, 0.1) is 6.04 Å². The van der Waals surface area contributed by atoms with Crippen molar-refractivity contribution < 1.29 is 9.59 Å². The van der Waals surface area contributed by atoms with E-state index in [0.717, 1.165) is 16.7 Å². The molecule has 1 fully saturated rings. The highest BCUT2D eigenvalue weighted by atomic mass is 16.2. The van der Waals surface area contributed by atoms with Crippen molar-refractivity contribution in [3.63, 3.8) is 0 Å². The molecule has 1 aliphatic rings. The lowest BCUT2D eigenvalue weighted by Crippen LogP contribution is -2.61. The summed E-state index contributed by atoms with van der Waals surface area (Å²) in [6.45, 7) is 1.01. The van der Waals surface area contributed by atoms with Crippen LogP contribution in [0.2, 0.25) is 0 Å². The van der Waals surface area contributed by atoms with Crippen molar-refractivity contribution in [3.05, 3.63) is 96.1 Å². The summed E-state index contributed by atoms with van der Waals surface area (Å²) in [4.78, 5) is 27.8. The summed E-state index contributed by atoms with van der Waals surface area (Å²) in [7, 11) is 1.80. The van der Waals surface area contributed by atoms with Crippen molar-refractivity contribution in [2.24, 2.45) is 0 Å². The van der Waals surface area contributed by atoms with E-state index in [0.29, 0.717) is 25.9 Å². The van der Waals surface area contributed by atoms with Gasteiger partial charge in [0.15, 0.2) is 0 Å².